The highest BCUT2D eigenvalue weighted by atomic mass is 35.5. The molecule has 10 heteroatoms. The van der Waals surface area contributed by atoms with Crippen molar-refractivity contribution >= 4 is 35.1 Å². The molecule has 0 aliphatic rings. The Hall–Kier alpha value is -2.58. The fraction of sp³-hybridized carbons (Fsp3) is 0.400. The number of hydrogen-bond acceptors (Lipinski definition) is 5. The summed E-state index contributed by atoms with van der Waals surface area (Å²) >= 11 is 12.3. The highest BCUT2D eigenvalue weighted by Gasteiger charge is 2.15. The summed E-state index contributed by atoms with van der Waals surface area (Å²) in [4.78, 5) is 19.4. The van der Waals surface area contributed by atoms with Crippen LogP contribution >= 0.6 is 23.2 Å². The molecule has 3 aromatic rings. The molecule has 0 radical (unpaired) electrons. The molecule has 0 unspecified atom stereocenters. The number of imidazole rings is 1. The van der Waals surface area contributed by atoms with Crippen LogP contribution in [0.5, 0.6) is 0 Å². The van der Waals surface area contributed by atoms with Gasteiger partial charge >= 0.3 is 0 Å². The number of aryl methyl sites for hydroxylation is 3. The average Bonchev–Trinajstić information content (AvgIpc) is 3.29. The maximum Gasteiger partial charge on any atom is 0.254 e. The van der Waals surface area contributed by atoms with Gasteiger partial charge in [0.25, 0.3) is 5.91 Å². The number of anilines is 1. The lowest BCUT2D eigenvalue weighted by atomic mass is 10.1. The van der Waals surface area contributed by atoms with E-state index >= 15 is 0 Å². The van der Waals surface area contributed by atoms with Crippen molar-refractivity contribution in [2.24, 2.45) is 0 Å². The minimum absolute atomic E-state index is 0.293. The van der Waals surface area contributed by atoms with Crippen LogP contribution in [0.15, 0.2) is 24.5 Å². The normalized spacial score (nSPS) is 11.0. The molecule has 0 bridgehead atoms. The minimum Gasteiger partial charge on any atom is -0.369 e. The fourth-order valence-electron chi connectivity index (χ4n) is 3.15. The number of carbonyl (C=O) groups is 1. The number of rotatable bonds is 10. The molecule has 0 aliphatic carbocycles. The van der Waals surface area contributed by atoms with Gasteiger partial charge in [-0.25, -0.2) is 4.98 Å². The molecule has 0 fully saturated rings. The van der Waals surface area contributed by atoms with E-state index in [0.29, 0.717) is 34.6 Å². The highest BCUT2D eigenvalue weighted by molar-refractivity contribution is 6.39. The van der Waals surface area contributed by atoms with E-state index in [1.807, 2.05) is 13.1 Å². The number of aromatic nitrogens is 5. The Bertz CT molecular complexity index is 976. The number of benzene rings is 1. The van der Waals surface area contributed by atoms with E-state index in [2.05, 4.69) is 25.6 Å². The molecule has 0 spiro atoms. The van der Waals surface area contributed by atoms with Crippen molar-refractivity contribution in [2.45, 2.75) is 45.6 Å². The predicted molar refractivity (Wildman–Crippen MR) is 118 cm³/mol. The second-order valence-corrected chi connectivity index (χ2v) is 8.00. The minimum atomic E-state index is -0.302. The Morgan fingerprint density at radius 1 is 1.20 bits per heavy atom. The smallest absolute Gasteiger partial charge is 0.254 e. The largest absolute Gasteiger partial charge is 0.369 e. The second-order valence-electron chi connectivity index (χ2n) is 7.19. The van der Waals surface area contributed by atoms with E-state index in [9.17, 15) is 4.79 Å². The summed E-state index contributed by atoms with van der Waals surface area (Å²) in [5.74, 6) is 0.159. The third-order valence-corrected chi connectivity index (χ3v) is 5.25. The van der Waals surface area contributed by atoms with Crippen molar-refractivity contribution in [2.75, 3.05) is 12.3 Å². The number of nitrogens with two attached hydrogens (primary N) is 1. The van der Waals surface area contributed by atoms with Gasteiger partial charge in [0.05, 0.1) is 34.0 Å². The lowest BCUT2D eigenvalue weighted by molar-refractivity contribution is 0.0952. The molecule has 8 nitrogen and oxygen atoms in total. The quantitative estimate of drug-likeness (QED) is 0.409. The SMILES string of the molecule is Cc1cc(Cl)c(C(=O)NCCn2cc(CCCCCc3cnc(N)[nH]3)nn2)c(Cl)c1. The second kappa shape index (κ2) is 10.4. The molecule has 1 amide bonds. The zero-order valence-corrected chi connectivity index (χ0v) is 18.3. The van der Waals surface area contributed by atoms with E-state index in [4.69, 9.17) is 28.9 Å². The standard InChI is InChI=1S/C20H25Cl2N7O/c1-13-9-16(21)18(17(22)10-13)19(30)24-7-8-29-12-15(27-28-29)6-4-2-3-5-14-11-25-20(23)26-14/h9-12H,2-8H2,1H3,(H,24,30)(H3,23,25,26). The Labute approximate surface area is 185 Å². The maximum absolute atomic E-state index is 12.4. The number of nitrogens with zero attached hydrogens (tertiary/aromatic N) is 4. The lowest BCUT2D eigenvalue weighted by Gasteiger charge is -2.09. The predicted octanol–water partition coefficient (Wildman–Crippen LogP) is 3.58. The van der Waals surface area contributed by atoms with Gasteiger partial charge in [-0.05, 0) is 50.3 Å². The van der Waals surface area contributed by atoms with Gasteiger partial charge in [0, 0.05) is 18.4 Å². The number of carbonyl (C=O) groups excluding carboxylic acids is 1. The average molecular weight is 450 g/mol. The summed E-state index contributed by atoms with van der Waals surface area (Å²) in [6.45, 7) is 2.79. The number of halogens is 2. The molecule has 1 aromatic carbocycles. The number of unbranched alkanes of at least 4 members (excludes halogenated alkanes) is 2. The van der Waals surface area contributed by atoms with E-state index in [1.165, 1.54) is 0 Å². The van der Waals surface area contributed by atoms with E-state index in [-0.39, 0.29) is 5.91 Å². The van der Waals surface area contributed by atoms with Crippen molar-refractivity contribution in [3.63, 3.8) is 0 Å². The third-order valence-electron chi connectivity index (χ3n) is 4.65. The van der Waals surface area contributed by atoms with Crippen LogP contribution in [0, 0.1) is 6.92 Å². The molecule has 2 aromatic heterocycles. The summed E-state index contributed by atoms with van der Waals surface area (Å²) < 4.78 is 1.72. The summed E-state index contributed by atoms with van der Waals surface area (Å²) in [5, 5.41) is 11.8. The first-order chi connectivity index (χ1) is 14.4. The number of amides is 1. The van der Waals surface area contributed by atoms with Crippen LogP contribution in [0.1, 0.15) is 46.6 Å². The van der Waals surface area contributed by atoms with Gasteiger partial charge in [0.15, 0.2) is 5.95 Å². The third kappa shape index (κ3) is 6.21. The van der Waals surface area contributed by atoms with Gasteiger partial charge in [0.2, 0.25) is 0 Å². The first-order valence-corrected chi connectivity index (χ1v) is 10.6. The van der Waals surface area contributed by atoms with Crippen LogP contribution in [0.3, 0.4) is 0 Å². The molecule has 160 valence electrons. The Morgan fingerprint density at radius 2 is 1.93 bits per heavy atom. The van der Waals surface area contributed by atoms with Crippen LogP contribution in [-0.2, 0) is 19.4 Å². The molecule has 0 saturated heterocycles. The van der Waals surface area contributed by atoms with Crippen molar-refractivity contribution in [1.29, 1.82) is 0 Å². The Kier molecular flexibility index (Phi) is 7.70. The first kappa shape index (κ1) is 22.1. The summed E-state index contributed by atoms with van der Waals surface area (Å²) in [5.41, 5.74) is 8.77. The number of hydrogen-bond donors (Lipinski definition) is 3. The molecule has 0 saturated carbocycles. The van der Waals surface area contributed by atoms with Crippen molar-refractivity contribution < 1.29 is 4.79 Å². The molecular formula is C20H25Cl2N7O. The number of nitrogens with one attached hydrogen (secondary N) is 2. The van der Waals surface area contributed by atoms with E-state index in [1.54, 1.807) is 23.0 Å². The van der Waals surface area contributed by atoms with Gasteiger partial charge < -0.3 is 16.0 Å². The van der Waals surface area contributed by atoms with Crippen LogP contribution in [0.25, 0.3) is 0 Å². The summed E-state index contributed by atoms with van der Waals surface area (Å²) in [7, 11) is 0. The van der Waals surface area contributed by atoms with Gasteiger partial charge in [0.1, 0.15) is 0 Å². The van der Waals surface area contributed by atoms with Crippen molar-refractivity contribution in [3.05, 3.63) is 57.1 Å². The van der Waals surface area contributed by atoms with Gasteiger partial charge in [-0.15, -0.1) is 5.10 Å². The number of H-pyrrole nitrogens is 1. The number of aromatic amines is 1. The van der Waals surface area contributed by atoms with Gasteiger partial charge in [-0.3, -0.25) is 9.48 Å². The molecular weight excluding hydrogens is 425 g/mol. The molecule has 0 aliphatic heterocycles. The van der Waals surface area contributed by atoms with Crippen LogP contribution in [0.2, 0.25) is 10.0 Å². The molecule has 3 rings (SSSR count). The van der Waals surface area contributed by atoms with Crippen molar-refractivity contribution in [3.8, 4) is 0 Å². The number of nitrogen functional groups attached to an aromatic ring is 1. The van der Waals surface area contributed by atoms with Crippen LogP contribution < -0.4 is 11.1 Å². The van der Waals surface area contributed by atoms with Crippen molar-refractivity contribution in [1.82, 2.24) is 30.3 Å². The monoisotopic (exact) mass is 449 g/mol. The van der Waals surface area contributed by atoms with Crippen LogP contribution in [-0.4, -0.2) is 37.4 Å². The first-order valence-electron chi connectivity index (χ1n) is 9.84. The zero-order chi connectivity index (χ0) is 21.5. The molecule has 0 atom stereocenters. The summed E-state index contributed by atoms with van der Waals surface area (Å²) in [6.07, 6.45) is 8.67. The van der Waals surface area contributed by atoms with Gasteiger partial charge in [-0.2, -0.15) is 0 Å². The van der Waals surface area contributed by atoms with Gasteiger partial charge in [-0.1, -0.05) is 34.8 Å². The lowest BCUT2D eigenvalue weighted by Crippen LogP contribution is -2.28. The fourth-order valence-corrected chi connectivity index (χ4v) is 3.92. The van der Waals surface area contributed by atoms with E-state index in [0.717, 1.165) is 49.1 Å². The molecule has 2 heterocycles. The Morgan fingerprint density at radius 3 is 2.63 bits per heavy atom. The summed E-state index contributed by atoms with van der Waals surface area (Å²) in [6, 6.07) is 3.44. The molecule has 30 heavy (non-hydrogen) atoms. The zero-order valence-electron chi connectivity index (χ0n) is 16.8. The van der Waals surface area contributed by atoms with E-state index < -0.39 is 0 Å². The topological polar surface area (TPSA) is 115 Å². The highest BCUT2D eigenvalue weighted by Crippen LogP contribution is 2.26. The Balaban J connectivity index is 1.37. The van der Waals surface area contributed by atoms with Crippen LogP contribution in [0.4, 0.5) is 5.95 Å². The maximum atomic E-state index is 12.4. The molecule has 4 N–H and O–H groups in total.